The number of sulfonamides is 1. The summed E-state index contributed by atoms with van der Waals surface area (Å²) < 4.78 is 28.4. The van der Waals surface area contributed by atoms with Crippen LogP contribution in [0.15, 0.2) is 23.1 Å². The number of carbonyl (C=O) groups is 2. The van der Waals surface area contributed by atoms with Gasteiger partial charge in [-0.25, -0.2) is 8.42 Å². The molecule has 1 aromatic rings. The third kappa shape index (κ3) is 4.68. The fourth-order valence-corrected chi connectivity index (χ4v) is 5.58. The van der Waals surface area contributed by atoms with Crippen molar-refractivity contribution in [2.24, 2.45) is 0 Å². The van der Waals surface area contributed by atoms with Gasteiger partial charge in [-0.15, -0.1) is 0 Å². The average Bonchev–Trinajstić information content (AvgIpc) is 3.12. The van der Waals surface area contributed by atoms with E-state index in [1.807, 2.05) is 14.1 Å². The van der Waals surface area contributed by atoms with Crippen LogP contribution in [0.4, 0.5) is 5.69 Å². The molecule has 2 amide bonds. The van der Waals surface area contributed by atoms with E-state index in [1.54, 1.807) is 28.9 Å². The molecular weight excluding hydrogens is 404 g/mol. The van der Waals surface area contributed by atoms with E-state index in [9.17, 15) is 18.0 Å². The van der Waals surface area contributed by atoms with Crippen molar-refractivity contribution in [3.8, 4) is 0 Å². The molecular formula is C21H31N4O4S. The molecule has 165 valence electrons. The van der Waals surface area contributed by atoms with Gasteiger partial charge in [-0.2, -0.15) is 4.72 Å². The number of nitrogens with one attached hydrogen (secondary N) is 1. The Bertz CT molecular complexity index is 908. The molecule has 0 spiro atoms. The van der Waals surface area contributed by atoms with Gasteiger partial charge in [0.1, 0.15) is 6.04 Å². The van der Waals surface area contributed by atoms with Crippen molar-refractivity contribution < 1.29 is 18.0 Å². The molecule has 2 fully saturated rings. The summed E-state index contributed by atoms with van der Waals surface area (Å²) in [5.41, 5.74) is 1.09. The van der Waals surface area contributed by atoms with E-state index in [0.717, 1.165) is 19.3 Å². The third-order valence-electron chi connectivity index (χ3n) is 6.01. The van der Waals surface area contributed by atoms with Gasteiger partial charge in [0.2, 0.25) is 21.8 Å². The predicted molar refractivity (Wildman–Crippen MR) is 116 cm³/mol. The molecule has 1 N–H and O–H groups in total. The van der Waals surface area contributed by atoms with Crippen LogP contribution < -0.4 is 9.62 Å². The van der Waals surface area contributed by atoms with E-state index in [4.69, 9.17) is 0 Å². The lowest BCUT2D eigenvalue weighted by molar-refractivity contribution is -0.133. The van der Waals surface area contributed by atoms with Crippen molar-refractivity contribution in [1.29, 1.82) is 0 Å². The Morgan fingerprint density at radius 1 is 1.23 bits per heavy atom. The van der Waals surface area contributed by atoms with E-state index in [-0.39, 0.29) is 16.7 Å². The van der Waals surface area contributed by atoms with E-state index in [0.29, 0.717) is 43.3 Å². The fraction of sp³-hybridized carbons (Fsp3) is 0.571. The van der Waals surface area contributed by atoms with Crippen LogP contribution in [-0.4, -0.2) is 75.8 Å². The van der Waals surface area contributed by atoms with Gasteiger partial charge >= 0.3 is 0 Å². The molecule has 8 nitrogen and oxygen atoms in total. The van der Waals surface area contributed by atoms with Crippen LogP contribution in [0, 0.1) is 13.8 Å². The lowest BCUT2D eigenvalue weighted by Crippen LogP contribution is -2.51. The molecule has 0 aliphatic carbocycles. The van der Waals surface area contributed by atoms with Crippen molar-refractivity contribution in [3.05, 3.63) is 30.7 Å². The molecule has 2 aliphatic heterocycles. The van der Waals surface area contributed by atoms with Crippen molar-refractivity contribution in [2.45, 2.75) is 49.6 Å². The first-order valence-electron chi connectivity index (χ1n) is 10.3. The van der Waals surface area contributed by atoms with Gasteiger partial charge < -0.3 is 14.7 Å². The monoisotopic (exact) mass is 435 g/mol. The standard InChI is InChI=1S/C21H31N4O4S/c1-15-18(25-12-6-9-20(25)26)7-5-8-19(15)30(28,29)22-16(2)21(27)24-13-10-17(11-14-24)23(3)4/h5,7-8,16-17,22H,2,6,9-14H2,1,3-4H3/t16-/m0/s1. The van der Waals surface area contributed by atoms with E-state index in [1.165, 1.54) is 6.07 Å². The molecule has 0 saturated carbocycles. The highest BCUT2D eigenvalue weighted by Gasteiger charge is 2.31. The number of piperidine rings is 1. The van der Waals surface area contributed by atoms with Gasteiger partial charge in [-0.3, -0.25) is 9.59 Å². The molecule has 3 rings (SSSR count). The summed E-state index contributed by atoms with van der Waals surface area (Å²) in [7, 11) is 0.0671. The SMILES string of the molecule is [CH2][C@H](NS(=O)(=O)c1cccc(N2CCCC2=O)c1C)C(=O)N1CCC(N(C)C)CC1. The smallest absolute Gasteiger partial charge is 0.241 e. The van der Waals surface area contributed by atoms with E-state index in [2.05, 4.69) is 16.5 Å². The molecule has 9 heteroatoms. The largest absolute Gasteiger partial charge is 0.341 e. The van der Waals surface area contributed by atoms with Crippen molar-refractivity contribution in [2.75, 3.05) is 38.6 Å². The minimum absolute atomic E-state index is 0.00746. The Morgan fingerprint density at radius 3 is 2.47 bits per heavy atom. The highest BCUT2D eigenvalue weighted by atomic mass is 32.2. The quantitative estimate of drug-likeness (QED) is 0.724. The normalized spacial score (nSPS) is 19.6. The Morgan fingerprint density at radius 2 is 1.90 bits per heavy atom. The van der Waals surface area contributed by atoms with Gasteiger partial charge in [0.05, 0.1) is 4.90 Å². The van der Waals surface area contributed by atoms with Crippen molar-refractivity contribution in [1.82, 2.24) is 14.5 Å². The molecule has 2 aliphatic rings. The van der Waals surface area contributed by atoms with Crippen LogP contribution in [0.3, 0.4) is 0 Å². The number of nitrogens with zero attached hydrogens (tertiary/aromatic N) is 3. The van der Waals surface area contributed by atoms with Gasteiger partial charge in [0, 0.05) is 37.8 Å². The first-order valence-corrected chi connectivity index (χ1v) is 11.8. The molecule has 1 aromatic carbocycles. The Labute approximate surface area is 179 Å². The maximum absolute atomic E-state index is 13.0. The second-order valence-electron chi connectivity index (χ2n) is 8.24. The van der Waals surface area contributed by atoms with Gasteiger partial charge in [-0.1, -0.05) is 6.07 Å². The first kappa shape index (κ1) is 22.7. The molecule has 0 aromatic heterocycles. The van der Waals surface area contributed by atoms with Gasteiger partial charge in [0.15, 0.2) is 0 Å². The lowest BCUT2D eigenvalue weighted by Gasteiger charge is -2.36. The molecule has 1 atom stereocenters. The van der Waals surface area contributed by atoms with Crippen LogP contribution in [0.5, 0.6) is 0 Å². The second kappa shape index (κ2) is 9.03. The summed E-state index contributed by atoms with van der Waals surface area (Å²) >= 11 is 0. The summed E-state index contributed by atoms with van der Waals surface area (Å²) in [5.74, 6) is -0.328. The Balaban J connectivity index is 1.72. The maximum atomic E-state index is 13.0. The van der Waals surface area contributed by atoms with Crippen LogP contribution in [0.2, 0.25) is 0 Å². The Kier molecular flexibility index (Phi) is 6.84. The molecule has 1 radical (unpaired) electrons. The summed E-state index contributed by atoms with van der Waals surface area (Å²) in [6.07, 6.45) is 2.93. The second-order valence-corrected chi connectivity index (χ2v) is 9.93. The zero-order chi connectivity index (χ0) is 22.1. The zero-order valence-corrected chi connectivity index (χ0v) is 18.7. The number of hydrogen-bond acceptors (Lipinski definition) is 5. The van der Waals surface area contributed by atoms with E-state index < -0.39 is 16.1 Å². The molecule has 0 unspecified atom stereocenters. The number of anilines is 1. The van der Waals surface area contributed by atoms with Crippen LogP contribution in [-0.2, 0) is 19.6 Å². The minimum atomic E-state index is -3.97. The number of carbonyl (C=O) groups excluding carboxylic acids is 2. The molecule has 30 heavy (non-hydrogen) atoms. The first-order chi connectivity index (χ1) is 14.1. The third-order valence-corrected chi connectivity index (χ3v) is 7.63. The molecule has 2 heterocycles. The van der Waals surface area contributed by atoms with Gasteiger partial charge in [0.25, 0.3) is 0 Å². The molecule has 0 bridgehead atoms. The maximum Gasteiger partial charge on any atom is 0.241 e. The minimum Gasteiger partial charge on any atom is -0.341 e. The van der Waals surface area contributed by atoms with Crippen molar-refractivity contribution in [3.63, 3.8) is 0 Å². The van der Waals surface area contributed by atoms with E-state index >= 15 is 0 Å². The highest BCUT2D eigenvalue weighted by Crippen LogP contribution is 2.29. The van der Waals surface area contributed by atoms with Crippen LogP contribution >= 0.6 is 0 Å². The number of benzene rings is 1. The highest BCUT2D eigenvalue weighted by molar-refractivity contribution is 7.89. The van der Waals surface area contributed by atoms with Crippen LogP contribution in [0.1, 0.15) is 31.2 Å². The summed E-state index contributed by atoms with van der Waals surface area (Å²) in [4.78, 5) is 30.4. The topological polar surface area (TPSA) is 90.0 Å². The fourth-order valence-electron chi connectivity index (χ4n) is 4.21. The van der Waals surface area contributed by atoms with Crippen molar-refractivity contribution >= 4 is 27.5 Å². The summed E-state index contributed by atoms with van der Waals surface area (Å²) in [6, 6.07) is 4.17. The van der Waals surface area contributed by atoms with Gasteiger partial charge in [-0.05, 0) is 64.9 Å². The summed E-state index contributed by atoms with van der Waals surface area (Å²) in [6.45, 7) is 7.19. The predicted octanol–water partition coefficient (Wildman–Crippen LogP) is 1.16. The molecule has 2 saturated heterocycles. The average molecular weight is 436 g/mol. The van der Waals surface area contributed by atoms with Crippen LogP contribution in [0.25, 0.3) is 0 Å². The number of likely N-dealkylation sites (tertiary alicyclic amines) is 1. The summed E-state index contributed by atoms with van der Waals surface area (Å²) in [5, 5.41) is 0. The number of hydrogen-bond donors (Lipinski definition) is 1. The zero-order valence-electron chi connectivity index (χ0n) is 17.9. The number of rotatable bonds is 6. The number of amides is 2. The lowest BCUT2D eigenvalue weighted by atomic mass is 10.0. The Hall–Kier alpha value is -1.97.